The zero-order valence-electron chi connectivity index (χ0n) is 28.7. The molecule has 0 spiro atoms. The van der Waals surface area contributed by atoms with Crippen LogP contribution in [0.5, 0.6) is 0 Å². The van der Waals surface area contributed by atoms with E-state index in [1.54, 1.807) is 51.4 Å². The van der Waals surface area contributed by atoms with E-state index in [1.165, 1.54) is 18.2 Å². The number of pyridine rings is 1. The van der Waals surface area contributed by atoms with Crippen LogP contribution in [-0.4, -0.2) is 84.5 Å². The maximum absolute atomic E-state index is 14.8. The number of aliphatic hydroxyl groups excluding tert-OH is 1. The lowest BCUT2D eigenvalue weighted by atomic mass is 9.80. The van der Waals surface area contributed by atoms with Gasteiger partial charge in [0.25, 0.3) is 0 Å². The second kappa shape index (κ2) is 16.5. The predicted octanol–water partition coefficient (Wildman–Crippen LogP) is 4.02. The number of hydrogen-bond donors (Lipinski definition) is 3. The second-order valence-electron chi connectivity index (χ2n) is 13.7. The summed E-state index contributed by atoms with van der Waals surface area (Å²) in [6, 6.07) is 16.5. The zero-order chi connectivity index (χ0) is 35.8. The summed E-state index contributed by atoms with van der Waals surface area (Å²) in [7, 11) is 1.22. The van der Waals surface area contributed by atoms with Gasteiger partial charge in [0.1, 0.15) is 17.8 Å². The Morgan fingerprint density at radius 3 is 2.50 bits per heavy atom. The van der Waals surface area contributed by atoms with Gasteiger partial charge in [-0.1, -0.05) is 69.3 Å². The standard InChI is InChI=1S/C37H45FN4O8/c1-37(2,3)32(34(45)47-4)33(44)40-29(18-23-11-13-24(14-12-23)25-9-7-16-39-19-25)30(43)21-42(20-26-8-5-6-10-28(26)38)41-36(46)50-31-22-49-35-27(31)15-17-48-35/h5-14,16,19,27,29-32,35,43H,15,17-18,20-22H2,1-4H3,(H,40,44)(H,41,46). The van der Waals surface area contributed by atoms with Crippen LogP contribution < -0.4 is 10.7 Å². The highest BCUT2D eigenvalue weighted by atomic mass is 19.1. The molecule has 13 heteroatoms. The van der Waals surface area contributed by atoms with Crippen LogP contribution in [0.3, 0.4) is 0 Å². The van der Waals surface area contributed by atoms with Crippen molar-refractivity contribution < 1.29 is 42.8 Å². The lowest BCUT2D eigenvalue weighted by Crippen LogP contribution is -2.55. The number of hydrazine groups is 1. The van der Waals surface area contributed by atoms with Crippen molar-refractivity contribution in [2.24, 2.45) is 17.3 Å². The smallest absolute Gasteiger partial charge is 0.422 e. The topological polar surface area (TPSA) is 149 Å². The Balaban J connectivity index is 1.37. The lowest BCUT2D eigenvalue weighted by molar-refractivity contribution is -0.155. The summed E-state index contributed by atoms with van der Waals surface area (Å²) in [6.07, 6.45) is 1.22. The first-order valence-electron chi connectivity index (χ1n) is 16.7. The van der Waals surface area contributed by atoms with Crippen molar-refractivity contribution in [1.82, 2.24) is 20.7 Å². The van der Waals surface area contributed by atoms with E-state index in [0.29, 0.717) is 13.0 Å². The number of fused-ring (bicyclic) bond motifs is 1. The number of nitrogens with one attached hydrogen (secondary N) is 2. The molecule has 6 unspecified atom stereocenters. The molecule has 3 N–H and O–H groups in total. The van der Waals surface area contributed by atoms with Crippen LogP contribution in [-0.2, 0) is 41.5 Å². The van der Waals surface area contributed by atoms with E-state index in [0.717, 1.165) is 16.7 Å². The van der Waals surface area contributed by atoms with Crippen molar-refractivity contribution in [3.05, 3.63) is 90.0 Å². The van der Waals surface area contributed by atoms with Crippen LogP contribution in [0.1, 0.15) is 38.3 Å². The van der Waals surface area contributed by atoms with Crippen molar-refractivity contribution in [3.8, 4) is 11.1 Å². The summed E-state index contributed by atoms with van der Waals surface area (Å²) in [4.78, 5) is 43.8. The number of carbonyl (C=O) groups is 3. The first-order valence-corrected chi connectivity index (χ1v) is 16.7. The Kier molecular flexibility index (Phi) is 12.2. The third kappa shape index (κ3) is 9.42. The lowest BCUT2D eigenvalue weighted by Gasteiger charge is -2.33. The van der Waals surface area contributed by atoms with Gasteiger partial charge in [0.05, 0.1) is 38.4 Å². The number of carbonyl (C=O) groups excluding carboxylic acids is 3. The average molecular weight is 693 g/mol. The predicted molar refractivity (Wildman–Crippen MR) is 180 cm³/mol. The van der Waals surface area contributed by atoms with Crippen molar-refractivity contribution in [2.75, 3.05) is 26.9 Å². The number of ether oxygens (including phenoxy) is 4. The van der Waals surface area contributed by atoms with E-state index in [2.05, 4.69) is 15.7 Å². The average Bonchev–Trinajstić information content (AvgIpc) is 3.71. The van der Waals surface area contributed by atoms with E-state index in [-0.39, 0.29) is 37.6 Å². The van der Waals surface area contributed by atoms with Crippen LogP contribution in [0.4, 0.5) is 9.18 Å². The monoisotopic (exact) mass is 692 g/mol. The third-order valence-corrected chi connectivity index (χ3v) is 8.98. The molecule has 5 rings (SSSR count). The third-order valence-electron chi connectivity index (χ3n) is 8.98. The van der Waals surface area contributed by atoms with Gasteiger partial charge in [-0.15, -0.1) is 0 Å². The molecule has 3 heterocycles. The van der Waals surface area contributed by atoms with Gasteiger partial charge >= 0.3 is 12.1 Å². The number of aromatic nitrogens is 1. The van der Waals surface area contributed by atoms with Crippen LogP contribution in [0.25, 0.3) is 11.1 Å². The molecule has 2 aromatic carbocycles. The van der Waals surface area contributed by atoms with Crippen molar-refractivity contribution in [2.45, 2.75) is 64.7 Å². The van der Waals surface area contributed by atoms with Gasteiger partial charge in [0, 0.05) is 31.0 Å². The summed E-state index contributed by atoms with van der Waals surface area (Å²) in [5.74, 6) is -3.10. The largest absolute Gasteiger partial charge is 0.468 e. The minimum Gasteiger partial charge on any atom is -0.468 e. The quantitative estimate of drug-likeness (QED) is 0.136. The Bertz CT molecular complexity index is 1600. The van der Waals surface area contributed by atoms with Crippen molar-refractivity contribution in [1.29, 1.82) is 0 Å². The highest BCUT2D eigenvalue weighted by molar-refractivity contribution is 5.98. The van der Waals surface area contributed by atoms with E-state index >= 15 is 0 Å². The molecule has 2 saturated heterocycles. The highest BCUT2D eigenvalue weighted by Crippen LogP contribution is 2.33. The number of nitrogens with zero attached hydrogens (tertiary/aromatic N) is 2. The molecule has 0 saturated carbocycles. The first-order chi connectivity index (χ1) is 23.9. The van der Waals surface area contributed by atoms with Gasteiger partial charge in [-0.2, -0.15) is 0 Å². The molecule has 6 atom stereocenters. The Morgan fingerprint density at radius 2 is 1.82 bits per heavy atom. The molecule has 2 fully saturated rings. The van der Waals surface area contributed by atoms with E-state index in [4.69, 9.17) is 18.9 Å². The van der Waals surface area contributed by atoms with Gasteiger partial charge in [0.2, 0.25) is 5.91 Å². The van der Waals surface area contributed by atoms with Crippen LogP contribution in [0, 0.1) is 23.1 Å². The van der Waals surface area contributed by atoms with Gasteiger partial charge in [0.15, 0.2) is 6.29 Å². The van der Waals surface area contributed by atoms with Crippen LogP contribution in [0.15, 0.2) is 73.1 Å². The molecule has 0 bridgehead atoms. The van der Waals surface area contributed by atoms with Crippen LogP contribution in [0.2, 0.25) is 0 Å². The fourth-order valence-corrected chi connectivity index (χ4v) is 6.32. The van der Waals surface area contributed by atoms with E-state index in [1.807, 2.05) is 36.4 Å². The number of rotatable bonds is 13. The number of amides is 2. The molecule has 2 aliphatic rings. The Labute approximate surface area is 291 Å². The number of halogens is 1. The molecular formula is C37H45FN4O8. The molecule has 268 valence electrons. The zero-order valence-corrected chi connectivity index (χ0v) is 28.7. The molecule has 2 amide bonds. The van der Waals surface area contributed by atoms with Crippen molar-refractivity contribution in [3.63, 3.8) is 0 Å². The molecule has 12 nitrogen and oxygen atoms in total. The molecule has 3 aromatic rings. The molecule has 0 radical (unpaired) electrons. The maximum atomic E-state index is 14.8. The molecule has 50 heavy (non-hydrogen) atoms. The van der Waals surface area contributed by atoms with E-state index in [9.17, 15) is 23.9 Å². The molecule has 0 aliphatic carbocycles. The summed E-state index contributed by atoms with van der Waals surface area (Å²) in [5.41, 5.74) is 4.77. The summed E-state index contributed by atoms with van der Waals surface area (Å²) in [6.45, 7) is 5.57. The SMILES string of the molecule is COC(=O)C(C(=O)NC(Cc1ccc(-c2cccnc2)cc1)C(O)CN(Cc1ccccc1F)NC(=O)OC1COC2OCCC12)C(C)(C)C. The number of aliphatic hydroxyl groups is 1. The summed E-state index contributed by atoms with van der Waals surface area (Å²) >= 11 is 0. The van der Waals surface area contributed by atoms with Gasteiger partial charge < -0.3 is 29.4 Å². The summed E-state index contributed by atoms with van der Waals surface area (Å²) in [5, 5.41) is 16.0. The molecular weight excluding hydrogens is 647 g/mol. The minimum atomic E-state index is -1.32. The number of esters is 1. The Morgan fingerprint density at radius 1 is 1.06 bits per heavy atom. The summed E-state index contributed by atoms with van der Waals surface area (Å²) < 4.78 is 36.6. The fraction of sp³-hybridized carbons (Fsp3) is 0.459. The highest BCUT2D eigenvalue weighted by Gasteiger charge is 2.44. The molecule has 2 aliphatic heterocycles. The number of benzene rings is 2. The fourth-order valence-electron chi connectivity index (χ4n) is 6.32. The maximum Gasteiger partial charge on any atom is 0.422 e. The van der Waals surface area contributed by atoms with Crippen molar-refractivity contribution >= 4 is 18.0 Å². The van der Waals surface area contributed by atoms with Gasteiger partial charge in [-0.05, 0) is 47.1 Å². The normalized spacial score (nSPS) is 20.4. The minimum absolute atomic E-state index is 0.0962. The van der Waals surface area contributed by atoms with Gasteiger partial charge in [-0.3, -0.25) is 20.0 Å². The number of methoxy groups -OCH3 is 1. The Hall–Kier alpha value is -4.43. The second-order valence-corrected chi connectivity index (χ2v) is 13.7. The van der Waals surface area contributed by atoms with Crippen LogP contribution >= 0.6 is 0 Å². The van der Waals surface area contributed by atoms with Gasteiger partial charge in [-0.25, -0.2) is 14.2 Å². The van der Waals surface area contributed by atoms with E-state index < -0.39 is 59.7 Å². The first kappa shape index (κ1) is 36.8. The molecule has 1 aromatic heterocycles. The number of hydrogen-bond acceptors (Lipinski definition) is 10.